The molecule has 0 saturated carbocycles. The Morgan fingerprint density at radius 1 is 1.24 bits per heavy atom. The van der Waals surface area contributed by atoms with Crippen LogP contribution in [0.5, 0.6) is 11.5 Å². The molecule has 8 heteroatoms. The smallest absolute Gasteiger partial charge is 0.248 e. The topological polar surface area (TPSA) is 69.6 Å². The fraction of sp³-hybridized carbons (Fsp3) is 0.333. The molecule has 0 aromatic heterocycles. The molecule has 7 nitrogen and oxygen atoms in total. The standard InChI is InChI=1S/C21H21FN2O5/c1-26-12-21(25)24(10-15-4-2-3-5-17(15)22)11-16-9-18(23-29-16)14-6-7-19-20(8-14)28-13-27-19/h2-8,16H,9-13H2,1H3. The predicted octanol–water partition coefficient (Wildman–Crippen LogP) is 2.72. The van der Waals surface area contributed by atoms with Crippen molar-refractivity contribution in [2.24, 2.45) is 5.16 Å². The van der Waals surface area contributed by atoms with Crippen molar-refractivity contribution in [3.8, 4) is 11.5 Å². The highest BCUT2D eigenvalue weighted by molar-refractivity contribution is 6.01. The monoisotopic (exact) mass is 400 g/mol. The van der Waals surface area contributed by atoms with Gasteiger partial charge in [-0.2, -0.15) is 0 Å². The first-order chi connectivity index (χ1) is 14.1. The Hall–Kier alpha value is -3.13. The molecule has 0 aliphatic carbocycles. The van der Waals surface area contributed by atoms with E-state index >= 15 is 0 Å². The molecule has 29 heavy (non-hydrogen) atoms. The molecular weight excluding hydrogens is 379 g/mol. The lowest BCUT2D eigenvalue weighted by Gasteiger charge is -2.25. The number of ether oxygens (including phenoxy) is 3. The maximum absolute atomic E-state index is 14.1. The van der Waals surface area contributed by atoms with Crippen molar-refractivity contribution in [3.63, 3.8) is 0 Å². The molecule has 0 fully saturated rings. The van der Waals surface area contributed by atoms with E-state index in [2.05, 4.69) is 5.16 Å². The molecule has 4 rings (SSSR count). The Morgan fingerprint density at radius 3 is 2.90 bits per heavy atom. The third kappa shape index (κ3) is 4.32. The van der Waals surface area contributed by atoms with E-state index in [-0.39, 0.29) is 44.3 Å². The molecule has 0 N–H and O–H groups in total. The summed E-state index contributed by atoms with van der Waals surface area (Å²) in [6.45, 7) is 0.524. The van der Waals surface area contributed by atoms with Crippen molar-refractivity contribution in [1.82, 2.24) is 4.90 Å². The minimum absolute atomic E-state index is 0.0863. The average molecular weight is 400 g/mol. The van der Waals surface area contributed by atoms with Crippen LogP contribution in [0, 0.1) is 5.82 Å². The number of methoxy groups -OCH3 is 1. The molecular formula is C21H21FN2O5. The molecule has 2 aliphatic rings. The normalized spacial score (nSPS) is 17.0. The summed E-state index contributed by atoms with van der Waals surface area (Å²) in [6, 6.07) is 12.0. The molecule has 152 valence electrons. The molecule has 2 heterocycles. The molecule has 2 aromatic carbocycles. The average Bonchev–Trinajstić information content (AvgIpc) is 3.38. The molecule has 0 saturated heterocycles. The number of carbonyl (C=O) groups excluding carboxylic acids is 1. The van der Waals surface area contributed by atoms with Gasteiger partial charge in [0.15, 0.2) is 17.6 Å². The van der Waals surface area contributed by atoms with E-state index in [4.69, 9.17) is 19.0 Å². The Morgan fingerprint density at radius 2 is 2.07 bits per heavy atom. The third-order valence-electron chi connectivity index (χ3n) is 4.80. The van der Waals surface area contributed by atoms with Crippen molar-refractivity contribution >= 4 is 11.6 Å². The van der Waals surface area contributed by atoms with Crippen LogP contribution in [0.4, 0.5) is 4.39 Å². The zero-order valence-corrected chi connectivity index (χ0v) is 16.0. The van der Waals surface area contributed by atoms with E-state index in [0.717, 1.165) is 11.3 Å². The van der Waals surface area contributed by atoms with Crippen molar-refractivity contribution in [2.45, 2.75) is 19.1 Å². The number of halogens is 1. The van der Waals surface area contributed by atoms with Gasteiger partial charge in [-0.25, -0.2) is 4.39 Å². The van der Waals surface area contributed by atoms with Crippen LogP contribution in [0.3, 0.4) is 0 Å². The lowest BCUT2D eigenvalue weighted by Crippen LogP contribution is -2.39. The van der Waals surface area contributed by atoms with E-state index in [0.29, 0.717) is 23.5 Å². The number of oxime groups is 1. The maximum Gasteiger partial charge on any atom is 0.248 e. The van der Waals surface area contributed by atoms with Gasteiger partial charge in [0, 0.05) is 31.2 Å². The Bertz CT molecular complexity index is 933. The second kappa shape index (κ2) is 8.48. The largest absolute Gasteiger partial charge is 0.454 e. The predicted molar refractivity (Wildman–Crippen MR) is 102 cm³/mol. The summed E-state index contributed by atoms with van der Waals surface area (Å²) in [5.41, 5.74) is 2.07. The first-order valence-corrected chi connectivity index (χ1v) is 9.27. The van der Waals surface area contributed by atoms with Crippen LogP contribution < -0.4 is 9.47 Å². The van der Waals surface area contributed by atoms with Crippen LogP contribution in [-0.2, 0) is 20.9 Å². The maximum atomic E-state index is 14.1. The van der Waals surface area contributed by atoms with Crippen LogP contribution in [0.25, 0.3) is 0 Å². The number of benzene rings is 2. The molecule has 0 bridgehead atoms. The van der Waals surface area contributed by atoms with Gasteiger partial charge < -0.3 is 23.9 Å². The summed E-state index contributed by atoms with van der Waals surface area (Å²) in [6.07, 6.45) is 0.191. The van der Waals surface area contributed by atoms with Crippen molar-refractivity contribution in [1.29, 1.82) is 0 Å². The quantitative estimate of drug-likeness (QED) is 0.715. The van der Waals surface area contributed by atoms with Crippen LogP contribution in [0.15, 0.2) is 47.6 Å². The Kier molecular flexibility index (Phi) is 5.62. The summed E-state index contributed by atoms with van der Waals surface area (Å²) in [4.78, 5) is 19.6. The zero-order valence-electron chi connectivity index (χ0n) is 16.0. The first kappa shape index (κ1) is 19.2. The van der Waals surface area contributed by atoms with Gasteiger partial charge in [-0.3, -0.25) is 4.79 Å². The molecule has 2 aromatic rings. The van der Waals surface area contributed by atoms with Gasteiger partial charge in [0.05, 0.1) is 12.3 Å². The number of amides is 1. The fourth-order valence-corrected chi connectivity index (χ4v) is 3.32. The van der Waals surface area contributed by atoms with Gasteiger partial charge in [-0.05, 0) is 24.3 Å². The molecule has 1 atom stereocenters. The third-order valence-corrected chi connectivity index (χ3v) is 4.80. The lowest BCUT2D eigenvalue weighted by molar-refractivity contribution is -0.137. The highest BCUT2D eigenvalue weighted by Crippen LogP contribution is 2.33. The van der Waals surface area contributed by atoms with Crippen molar-refractivity contribution < 1.29 is 28.2 Å². The van der Waals surface area contributed by atoms with E-state index < -0.39 is 0 Å². The summed E-state index contributed by atoms with van der Waals surface area (Å²) >= 11 is 0. The number of hydrogen-bond donors (Lipinski definition) is 0. The van der Waals surface area contributed by atoms with Crippen LogP contribution in [-0.4, -0.2) is 49.7 Å². The summed E-state index contributed by atoms with van der Waals surface area (Å²) in [7, 11) is 1.45. The molecule has 1 amide bonds. The summed E-state index contributed by atoms with van der Waals surface area (Å²) < 4.78 is 29.8. The van der Waals surface area contributed by atoms with Gasteiger partial charge in [-0.1, -0.05) is 23.4 Å². The van der Waals surface area contributed by atoms with Crippen LogP contribution in [0.1, 0.15) is 17.5 Å². The molecule has 1 unspecified atom stereocenters. The van der Waals surface area contributed by atoms with Gasteiger partial charge >= 0.3 is 0 Å². The molecule has 2 aliphatic heterocycles. The Balaban J connectivity index is 1.43. The number of rotatable bonds is 7. The van der Waals surface area contributed by atoms with E-state index in [9.17, 15) is 9.18 Å². The second-order valence-corrected chi connectivity index (χ2v) is 6.84. The van der Waals surface area contributed by atoms with Crippen molar-refractivity contribution in [2.75, 3.05) is 27.1 Å². The van der Waals surface area contributed by atoms with Gasteiger partial charge in [0.2, 0.25) is 12.7 Å². The van der Waals surface area contributed by atoms with Gasteiger partial charge in [-0.15, -0.1) is 0 Å². The Labute approximate surface area is 167 Å². The number of fused-ring (bicyclic) bond motifs is 1. The number of nitrogens with zero attached hydrogens (tertiary/aromatic N) is 2. The van der Waals surface area contributed by atoms with Crippen LogP contribution >= 0.6 is 0 Å². The number of carbonyl (C=O) groups is 1. The molecule has 0 spiro atoms. The minimum atomic E-state index is -0.354. The minimum Gasteiger partial charge on any atom is -0.454 e. The summed E-state index contributed by atoms with van der Waals surface area (Å²) in [5.74, 6) is 0.777. The fourth-order valence-electron chi connectivity index (χ4n) is 3.32. The van der Waals surface area contributed by atoms with Crippen molar-refractivity contribution in [3.05, 3.63) is 59.4 Å². The van der Waals surface area contributed by atoms with E-state index in [1.54, 1.807) is 18.2 Å². The highest BCUT2D eigenvalue weighted by Gasteiger charge is 2.28. The zero-order chi connectivity index (χ0) is 20.2. The summed E-state index contributed by atoms with van der Waals surface area (Å²) in [5, 5.41) is 4.17. The van der Waals surface area contributed by atoms with Crippen LogP contribution in [0.2, 0.25) is 0 Å². The highest BCUT2D eigenvalue weighted by atomic mass is 19.1. The first-order valence-electron chi connectivity index (χ1n) is 9.27. The van der Waals surface area contributed by atoms with E-state index in [1.807, 2.05) is 18.2 Å². The lowest BCUT2D eigenvalue weighted by atomic mass is 10.0. The SMILES string of the molecule is COCC(=O)N(Cc1ccccc1F)CC1CC(c2ccc3c(c2)OCO3)=NO1. The van der Waals surface area contributed by atoms with E-state index in [1.165, 1.54) is 18.1 Å². The second-order valence-electron chi connectivity index (χ2n) is 6.84. The number of hydrogen-bond acceptors (Lipinski definition) is 6. The van der Waals surface area contributed by atoms with Gasteiger partial charge in [0.25, 0.3) is 0 Å². The molecule has 0 radical (unpaired) electrons. The van der Waals surface area contributed by atoms with Gasteiger partial charge in [0.1, 0.15) is 12.4 Å².